The third-order valence-corrected chi connectivity index (χ3v) is 2.18. The average Bonchev–Trinajstić information content (AvgIpc) is 2.12. The number of nitrogens with two attached hydrogens (primary N) is 1. The van der Waals surface area contributed by atoms with Crippen molar-refractivity contribution < 1.29 is 4.79 Å². The maximum Gasteiger partial charge on any atom is 0.217 e. The first kappa shape index (κ1) is 12.4. The van der Waals surface area contributed by atoms with Crippen molar-refractivity contribution >= 4 is 5.91 Å². The molecule has 1 rings (SSSR count). The zero-order chi connectivity index (χ0) is 10.3. The SMILES string of the molecule is CC.CC(=O)NC1CCC(N)CC1. The summed E-state index contributed by atoms with van der Waals surface area (Å²) in [5, 5.41) is 2.91. The fourth-order valence-electron chi connectivity index (χ4n) is 1.55. The van der Waals surface area contributed by atoms with Crippen molar-refractivity contribution in [2.75, 3.05) is 0 Å². The van der Waals surface area contributed by atoms with Gasteiger partial charge in [0.2, 0.25) is 5.91 Å². The first-order valence-electron chi connectivity index (χ1n) is 5.21. The van der Waals surface area contributed by atoms with Gasteiger partial charge in [-0.1, -0.05) is 13.8 Å². The fourth-order valence-corrected chi connectivity index (χ4v) is 1.55. The van der Waals surface area contributed by atoms with Crippen molar-refractivity contribution in [1.82, 2.24) is 5.32 Å². The van der Waals surface area contributed by atoms with E-state index in [2.05, 4.69) is 5.32 Å². The molecule has 1 saturated carbocycles. The van der Waals surface area contributed by atoms with Gasteiger partial charge in [0.05, 0.1) is 0 Å². The van der Waals surface area contributed by atoms with Crippen LogP contribution in [0.1, 0.15) is 46.5 Å². The molecule has 0 aromatic heterocycles. The molecular formula is C10H22N2O. The Morgan fingerprint density at radius 3 is 2.08 bits per heavy atom. The lowest BCUT2D eigenvalue weighted by Gasteiger charge is -2.26. The number of carbonyl (C=O) groups excluding carboxylic acids is 1. The van der Waals surface area contributed by atoms with Crippen LogP contribution in [0.15, 0.2) is 0 Å². The largest absolute Gasteiger partial charge is 0.354 e. The van der Waals surface area contributed by atoms with Crippen LogP contribution in [0, 0.1) is 0 Å². The summed E-state index contributed by atoms with van der Waals surface area (Å²) in [6.07, 6.45) is 4.18. The minimum Gasteiger partial charge on any atom is -0.354 e. The van der Waals surface area contributed by atoms with Gasteiger partial charge in [-0.3, -0.25) is 4.79 Å². The average molecular weight is 186 g/mol. The maximum atomic E-state index is 10.7. The highest BCUT2D eigenvalue weighted by Gasteiger charge is 2.18. The second-order valence-electron chi connectivity index (χ2n) is 3.31. The molecule has 1 aliphatic rings. The van der Waals surface area contributed by atoms with E-state index >= 15 is 0 Å². The third-order valence-electron chi connectivity index (χ3n) is 2.18. The van der Waals surface area contributed by atoms with Gasteiger partial charge in [-0.25, -0.2) is 0 Å². The Bertz CT molecular complexity index is 140. The summed E-state index contributed by atoms with van der Waals surface area (Å²) in [6, 6.07) is 0.743. The summed E-state index contributed by atoms with van der Waals surface area (Å²) < 4.78 is 0. The molecule has 0 spiro atoms. The van der Waals surface area contributed by atoms with E-state index < -0.39 is 0 Å². The summed E-state index contributed by atoms with van der Waals surface area (Å²) in [7, 11) is 0. The van der Waals surface area contributed by atoms with Gasteiger partial charge < -0.3 is 11.1 Å². The Labute approximate surface area is 81.1 Å². The predicted octanol–water partition coefficient (Wildman–Crippen LogP) is 1.42. The van der Waals surface area contributed by atoms with Crippen LogP contribution in [0.4, 0.5) is 0 Å². The molecule has 0 atom stereocenters. The van der Waals surface area contributed by atoms with Crippen LogP contribution in [0.2, 0.25) is 0 Å². The standard InChI is InChI=1S/C8H16N2O.C2H6/c1-6(11)10-8-4-2-7(9)3-5-8;1-2/h7-8H,2-5,9H2,1H3,(H,10,11);1-2H3. The Morgan fingerprint density at radius 2 is 1.69 bits per heavy atom. The van der Waals surface area contributed by atoms with Gasteiger partial charge in [0.15, 0.2) is 0 Å². The van der Waals surface area contributed by atoms with Gasteiger partial charge in [-0.05, 0) is 25.7 Å². The summed E-state index contributed by atoms with van der Waals surface area (Å²) in [4.78, 5) is 10.7. The number of hydrogen-bond acceptors (Lipinski definition) is 2. The second-order valence-corrected chi connectivity index (χ2v) is 3.31. The van der Waals surface area contributed by atoms with Crippen molar-refractivity contribution in [3.63, 3.8) is 0 Å². The number of nitrogens with one attached hydrogen (secondary N) is 1. The van der Waals surface area contributed by atoms with E-state index in [9.17, 15) is 4.79 Å². The second kappa shape index (κ2) is 6.89. The Kier molecular flexibility index (Phi) is 6.59. The Morgan fingerprint density at radius 1 is 1.23 bits per heavy atom. The Hall–Kier alpha value is -0.570. The molecule has 1 amide bonds. The van der Waals surface area contributed by atoms with E-state index in [1.54, 1.807) is 6.92 Å². The minimum atomic E-state index is 0.0745. The number of rotatable bonds is 1. The first-order valence-corrected chi connectivity index (χ1v) is 5.21. The molecule has 3 N–H and O–H groups in total. The lowest BCUT2D eigenvalue weighted by atomic mass is 9.92. The highest BCUT2D eigenvalue weighted by Crippen LogP contribution is 2.16. The fraction of sp³-hybridized carbons (Fsp3) is 0.900. The Balaban J connectivity index is 0.000000671. The number of carbonyl (C=O) groups is 1. The normalized spacial score (nSPS) is 27.1. The van der Waals surface area contributed by atoms with Crippen LogP contribution in [0.25, 0.3) is 0 Å². The lowest BCUT2D eigenvalue weighted by Crippen LogP contribution is -2.39. The van der Waals surface area contributed by atoms with Gasteiger partial charge in [-0.2, -0.15) is 0 Å². The maximum absolute atomic E-state index is 10.7. The van der Waals surface area contributed by atoms with Crippen molar-refractivity contribution in [3.05, 3.63) is 0 Å². The molecule has 0 saturated heterocycles. The molecule has 0 heterocycles. The van der Waals surface area contributed by atoms with Crippen molar-refractivity contribution in [3.8, 4) is 0 Å². The summed E-state index contributed by atoms with van der Waals surface area (Å²) in [6.45, 7) is 5.56. The predicted molar refractivity (Wildman–Crippen MR) is 55.4 cm³/mol. The molecule has 0 unspecified atom stereocenters. The monoisotopic (exact) mass is 186 g/mol. The zero-order valence-corrected chi connectivity index (χ0v) is 8.97. The molecule has 0 aromatic rings. The van der Waals surface area contributed by atoms with Crippen LogP contribution in [0.3, 0.4) is 0 Å². The quantitative estimate of drug-likeness (QED) is 0.650. The van der Waals surface area contributed by atoms with E-state index in [1.807, 2.05) is 13.8 Å². The molecular weight excluding hydrogens is 164 g/mol. The third kappa shape index (κ3) is 5.64. The summed E-state index contributed by atoms with van der Waals surface area (Å²) in [5.74, 6) is 0.0745. The first-order chi connectivity index (χ1) is 6.18. The van der Waals surface area contributed by atoms with E-state index in [0.717, 1.165) is 25.7 Å². The molecule has 0 bridgehead atoms. The van der Waals surface area contributed by atoms with Crippen LogP contribution in [-0.2, 0) is 4.79 Å². The van der Waals surface area contributed by atoms with Crippen LogP contribution >= 0.6 is 0 Å². The zero-order valence-electron chi connectivity index (χ0n) is 8.97. The molecule has 0 radical (unpaired) electrons. The van der Waals surface area contributed by atoms with Gasteiger partial charge in [0.25, 0.3) is 0 Å². The molecule has 13 heavy (non-hydrogen) atoms. The van der Waals surface area contributed by atoms with Crippen molar-refractivity contribution in [1.29, 1.82) is 0 Å². The molecule has 78 valence electrons. The smallest absolute Gasteiger partial charge is 0.217 e. The highest BCUT2D eigenvalue weighted by molar-refractivity contribution is 5.73. The van der Waals surface area contributed by atoms with E-state index in [4.69, 9.17) is 5.73 Å². The molecule has 1 aliphatic carbocycles. The number of hydrogen-bond donors (Lipinski definition) is 2. The lowest BCUT2D eigenvalue weighted by molar-refractivity contribution is -0.119. The molecule has 0 aliphatic heterocycles. The molecule has 3 heteroatoms. The van der Waals surface area contributed by atoms with Crippen LogP contribution < -0.4 is 11.1 Å². The summed E-state index contributed by atoms with van der Waals surface area (Å²) >= 11 is 0. The van der Waals surface area contributed by atoms with Crippen molar-refractivity contribution in [2.45, 2.75) is 58.5 Å². The summed E-state index contributed by atoms with van der Waals surface area (Å²) in [5.41, 5.74) is 5.72. The molecule has 3 nitrogen and oxygen atoms in total. The van der Waals surface area contributed by atoms with Gasteiger partial charge in [-0.15, -0.1) is 0 Å². The van der Waals surface area contributed by atoms with E-state index in [-0.39, 0.29) is 5.91 Å². The van der Waals surface area contributed by atoms with Crippen LogP contribution in [-0.4, -0.2) is 18.0 Å². The topological polar surface area (TPSA) is 55.1 Å². The van der Waals surface area contributed by atoms with Crippen LogP contribution in [0.5, 0.6) is 0 Å². The number of amides is 1. The van der Waals surface area contributed by atoms with Crippen molar-refractivity contribution in [2.24, 2.45) is 5.73 Å². The van der Waals surface area contributed by atoms with E-state index in [1.165, 1.54) is 0 Å². The minimum absolute atomic E-state index is 0.0745. The van der Waals surface area contributed by atoms with E-state index in [0.29, 0.717) is 12.1 Å². The highest BCUT2D eigenvalue weighted by atomic mass is 16.1. The van der Waals surface area contributed by atoms with Gasteiger partial charge in [0.1, 0.15) is 0 Å². The van der Waals surface area contributed by atoms with Gasteiger partial charge in [0, 0.05) is 19.0 Å². The molecule has 0 aromatic carbocycles. The van der Waals surface area contributed by atoms with Gasteiger partial charge >= 0.3 is 0 Å². The molecule has 1 fully saturated rings.